The van der Waals surface area contributed by atoms with E-state index in [1.807, 2.05) is 7.05 Å². The van der Waals surface area contributed by atoms with Crippen molar-refractivity contribution in [2.75, 3.05) is 73.1 Å². The lowest BCUT2D eigenvalue weighted by atomic mass is 9.92. The maximum Gasteiger partial charge on any atom is 0.231 e. The first-order chi connectivity index (χ1) is 22.1. The van der Waals surface area contributed by atoms with Crippen molar-refractivity contribution in [1.82, 2.24) is 14.9 Å². The van der Waals surface area contributed by atoms with Crippen LogP contribution >= 0.6 is 0 Å². The summed E-state index contributed by atoms with van der Waals surface area (Å²) in [6.07, 6.45) is 14.2. The Morgan fingerprint density at radius 1 is 0.911 bits per heavy atom. The zero-order valence-electron chi connectivity index (χ0n) is 27.2. The number of nitrogens with zero attached hydrogens (tertiary/aromatic N) is 4. The van der Waals surface area contributed by atoms with Crippen molar-refractivity contribution in [3.05, 3.63) is 18.2 Å². The Bertz CT molecular complexity index is 1230. The van der Waals surface area contributed by atoms with Gasteiger partial charge in [0, 0.05) is 64.0 Å². The standard InChI is InChI=1S/C34H52N8O3/c1-35-31-32(36-25-10-4-3-5-11-25)39-34(40-33(31)38-29-12-6-9-21-45-29)37-27-14-13-26(23-28(27)44-2)41-19-15-24(16-20-41)22-30(43)42-17-7-8-18-42/h13-14,23-25,29,35H,3-12,15-22H2,1-2H3,(H3,36,37,38,39,40). The molecule has 3 aliphatic heterocycles. The lowest BCUT2D eigenvalue weighted by Crippen LogP contribution is -2.36. The fourth-order valence-electron chi connectivity index (χ4n) is 7.25. The Labute approximate surface area is 268 Å². The van der Waals surface area contributed by atoms with Crippen molar-refractivity contribution in [3.63, 3.8) is 0 Å². The highest BCUT2D eigenvalue weighted by Gasteiger charge is 2.26. The number of anilines is 6. The van der Waals surface area contributed by atoms with Gasteiger partial charge in [0.25, 0.3) is 0 Å². The number of carbonyl (C=O) groups excluding carboxylic acids is 1. The van der Waals surface area contributed by atoms with E-state index in [2.05, 4.69) is 49.3 Å². The van der Waals surface area contributed by atoms with Crippen molar-refractivity contribution in [2.45, 2.75) is 95.7 Å². The topological polar surface area (TPSA) is 116 Å². The largest absolute Gasteiger partial charge is 0.494 e. The average Bonchev–Trinajstić information content (AvgIpc) is 3.62. The van der Waals surface area contributed by atoms with Gasteiger partial charge in [-0.05, 0) is 75.8 Å². The van der Waals surface area contributed by atoms with Crippen LogP contribution in [0, 0.1) is 5.92 Å². The first-order valence-electron chi connectivity index (χ1n) is 17.3. The number of hydrogen-bond donors (Lipinski definition) is 4. The summed E-state index contributed by atoms with van der Waals surface area (Å²) >= 11 is 0. The molecule has 45 heavy (non-hydrogen) atoms. The van der Waals surface area contributed by atoms with Crippen molar-refractivity contribution < 1.29 is 14.3 Å². The van der Waals surface area contributed by atoms with Gasteiger partial charge in [-0.15, -0.1) is 0 Å². The van der Waals surface area contributed by atoms with Crippen LogP contribution < -0.4 is 30.9 Å². The Hall–Kier alpha value is -3.47. The van der Waals surface area contributed by atoms with Crippen LogP contribution in [0.5, 0.6) is 5.75 Å². The van der Waals surface area contributed by atoms with E-state index in [0.29, 0.717) is 30.2 Å². The molecule has 0 spiro atoms. The second kappa shape index (κ2) is 15.2. The quantitative estimate of drug-likeness (QED) is 0.232. The Balaban J connectivity index is 1.16. The summed E-state index contributed by atoms with van der Waals surface area (Å²) in [6, 6.07) is 6.68. The molecule has 4 fully saturated rings. The van der Waals surface area contributed by atoms with Crippen molar-refractivity contribution in [1.29, 1.82) is 0 Å². The number of likely N-dealkylation sites (tertiary alicyclic amines) is 1. The van der Waals surface area contributed by atoms with E-state index in [0.717, 1.165) is 125 Å². The lowest BCUT2D eigenvalue weighted by molar-refractivity contribution is -0.131. The number of ether oxygens (including phenoxy) is 2. The minimum Gasteiger partial charge on any atom is -0.494 e. The number of hydrogen-bond acceptors (Lipinski definition) is 10. The van der Waals surface area contributed by atoms with Gasteiger partial charge in [0.05, 0.1) is 12.8 Å². The molecule has 2 aromatic rings. The van der Waals surface area contributed by atoms with Gasteiger partial charge in [-0.2, -0.15) is 9.97 Å². The third kappa shape index (κ3) is 8.04. The number of aromatic nitrogens is 2. The second-order valence-corrected chi connectivity index (χ2v) is 13.1. The molecule has 1 aromatic heterocycles. The van der Waals surface area contributed by atoms with Crippen LogP contribution in [0.2, 0.25) is 0 Å². The fourth-order valence-corrected chi connectivity index (χ4v) is 7.25. The van der Waals surface area contributed by atoms with Crippen LogP contribution in [0.15, 0.2) is 18.2 Å². The summed E-state index contributed by atoms with van der Waals surface area (Å²) in [5, 5.41) is 14.1. The summed E-state index contributed by atoms with van der Waals surface area (Å²) in [4.78, 5) is 27.0. The second-order valence-electron chi connectivity index (χ2n) is 13.1. The van der Waals surface area contributed by atoms with Gasteiger partial charge >= 0.3 is 0 Å². The van der Waals surface area contributed by atoms with E-state index in [-0.39, 0.29) is 6.23 Å². The van der Waals surface area contributed by atoms with Gasteiger partial charge in [0.15, 0.2) is 11.6 Å². The highest BCUT2D eigenvalue weighted by atomic mass is 16.5. The molecule has 246 valence electrons. The number of piperidine rings is 1. The van der Waals surface area contributed by atoms with E-state index in [1.165, 1.54) is 19.3 Å². The molecule has 6 rings (SSSR count). The highest BCUT2D eigenvalue weighted by Crippen LogP contribution is 2.37. The number of carbonyl (C=O) groups is 1. The number of benzene rings is 1. The molecule has 1 unspecified atom stereocenters. The maximum absolute atomic E-state index is 12.7. The number of nitrogens with one attached hydrogen (secondary N) is 4. The molecule has 0 radical (unpaired) electrons. The van der Waals surface area contributed by atoms with Gasteiger partial charge in [-0.3, -0.25) is 4.79 Å². The predicted octanol–water partition coefficient (Wildman–Crippen LogP) is 6.18. The molecule has 4 aliphatic rings. The molecule has 11 heteroatoms. The van der Waals surface area contributed by atoms with E-state index in [4.69, 9.17) is 19.4 Å². The third-order valence-electron chi connectivity index (χ3n) is 9.92. The molecule has 0 bridgehead atoms. The van der Waals surface area contributed by atoms with Gasteiger partial charge in [0.2, 0.25) is 11.9 Å². The summed E-state index contributed by atoms with van der Waals surface area (Å²) in [5.74, 6) is 3.57. The fraction of sp³-hybridized carbons (Fsp3) is 0.676. The van der Waals surface area contributed by atoms with Gasteiger partial charge in [-0.1, -0.05) is 19.3 Å². The van der Waals surface area contributed by atoms with Gasteiger partial charge in [0.1, 0.15) is 17.7 Å². The zero-order valence-corrected chi connectivity index (χ0v) is 27.2. The van der Waals surface area contributed by atoms with E-state index in [1.54, 1.807) is 7.11 Å². The maximum atomic E-state index is 12.7. The molecule has 1 amide bonds. The van der Waals surface area contributed by atoms with Crippen molar-refractivity contribution >= 4 is 40.6 Å². The van der Waals surface area contributed by atoms with Gasteiger partial charge in [-0.25, -0.2) is 0 Å². The zero-order chi connectivity index (χ0) is 31.0. The van der Waals surface area contributed by atoms with Crippen molar-refractivity contribution in [3.8, 4) is 5.75 Å². The Morgan fingerprint density at radius 2 is 1.64 bits per heavy atom. The van der Waals surface area contributed by atoms with Crippen LogP contribution in [0.3, 0.4) is 0 Å². The predicted molar refractivity (Wildman–Crippen MR) is 181 cm³/mol. The molecule has 1 saturated carbocycles. The molecule has 3 saturated heterocycles. The Kier molecular flexibility index (Phi) is 10.6. The monoisotopic (exact) mass is 620 g/mol. The average molecular weight is 621 g/mol. The Morgan fingerprint density at radius 3 is 2.33 bits per heavy atom. The summed E-state index contributed by atoms with van der Waals surface area (Å²) in [5.41, 5.74) is 2.80. The van der Waals surface area contributed by atoms with Crippen LogP contribution in [0.25, 0.3) is 0 Å². The van der Waals surface area contributed by atoms with Crippen LogP contribution in [-0.4, -0.2) is 80.0 Å². The molecule has 1 aliphatic carbocycles. The molecule has 4 N–H and O–H groups in total. The molecular weight excluding hydrogens is 568 g/mol. The summed E-state index contributed by atoms with van der Waals surface area (Å²) in [6.45, 7) is 4.52. The SMILES string of the molecule is CNc1c(NC2CCCCC2)nc(Nc2ccc(N3CCC(CC(=O)N4CCCC4)CC3)cc2OC)nc1NC1CCCCO1. The molecular formula is C34H52N8O3. The number of rotatable bonds is 11. The molecule has 1 aromatic carbocycles. The smallest absolute Gasteiger partial charge is 0.231 e. The molecule has 4 heterocycles. The highest BCUT2D eigenvalue weighted by molar-refractivity contribution is 5.80. The van der Waals surface area contributed by atoms with Crippen molar-refractivity contribution in [2.24, 2.45) is 5.92 Å². The third-order valence-corrected chi connectivity index (χ3v) is 9.92. The van der Waals surface area contributed by atoms with Crippen LogP contribution in [-0.2, 0) is 9.53 Å². The van der Waals surface area contributed by atoms with E-state index < -0.39 is 0 Å². The molecule has 1 atom stereocenters. The first kappa shape index (κ1) is 31.5. The minimum atomic E-state index is -0.0765. The lowest BCUT2D eigenvalue weighted by Gasteiger charge is -2.34. The van der Waals surface area contributed by atoms with Crippen LogP contribution in [0.1, 0.15) is 83.5 Å². The molecule has 11 nitrogen and oxygen atoms in total. The van der Waals surface area contributed by atoms with E-state index >= 15 is 0 Å². The van der Waals surface area contributed by atoms with Crippen LogP contribution in [0.4, 0.5) is 34.6 Å². The number of methoxy groups -OCH3 is 1. The van der Waals surface area contributed by atoms with E-state index in [9.17, 15) is 4.79 Å². The van der Waals surface area contributed by atoms with Gasteiger partial charge < -0.3 is 40.5 Å². The summed E-state index contributed by atoms with van der Waals surface area (Å²) in [7, 11) is 3.62. The first-order valence-corrected chi connectivity index (χ1v) is 17.3. The number of amides is 1. The minimum absolute atomic E-state index is 0.0765. The summed E-state index contributed by atoms with van der Waals surface area (Å²) < 4.78 is 11.9. The normalized spacial score (nSPS) is 21.4.